The number of nitrogens with one attached hydrogen (secondary N) is 1. The zero-order valence-electron chi connectivity index (χ0n) is 18.1. The number of H-pyrrole nitrogens is 1. The van der Waals surface area contributed by atoms with E-state index in [0.29, 0.717) is 0 Å². The highest BCUT2D eigenvalue weighted by atomic mass is 19.4. The van der Waals surface area contributed by atoms with Gasteiger partial charge in [0.05, 0.1) is 22.8 Å². The first-order valence-corrected chi connectivity index (χ1v) is 9.91. The Morgan fingerprint density at radius 2 is 1.77 bits per heavy atom. The smallest absolute Gasteiger partial charge is 0.433 e. The van der Waals surface area contributed by atoms with E-state index in [0.717, 1.165) is 31.3 Å². The highest BCUT2D eigenvalue weighted by molar-refractivity contribution is 6.03. The normalized spacial score (nSPS) is 11.6. The number of nitrogens with two attached hydrogens (primary N) is 1. The van der Waals surface area contributed by atoms with Crippen molar-refractivity contribution in [1.29, 1.82) is 0 Å². The van der Waals surface area contributed by atoms with Crippen molar-refractivity contribution in [3.63, 3.8) is 0 Å². The topological polar surface area (TPSA) is 111 Å². The fourth-order valence-electron chi connectivity index (χ4n) is 3.67. The quantitative estimate of drug-likeness (QED) is 0.400. The Kier molecular flexibility index (Phi) is 5.75. The van der Waals surface area contributed by atoms with Crippen LogP contribution in [-0.4, -0.2) is 20.9 Å². The Morgan fingerprint density at radius 3 is 2.43 bits per heavy atom. The van der Waals surface area contributed by atoms with Crippen molar-refractivity contribution in [3.8, 4) is 22.8 Å². The van der Waals surface area contributed by atoms with Crippen LogP contribution in [0, 0.1) is 25.5 Å². The Bertz CT molecular complexity index is 1560. The number of amides is 1. The van der Waals surface area contributed by atoms with Crippen molar-refractivity contribution >= 4 is 16.8 Å². The molecule has 0 unspecified atom stereocenters. The lowest BCUT2D eigenvalue weighted by Crippen LogP contribution is -2.18. The maximum atomic E-state index is 14.0. The average molecular weight is 490 g/mol. The van der Waals surface area contributed by atoms with E-state index < -0.39 is 40.4 Å². The summed E-state index contributed by atoms with van der Waals surface area (Å²) in [6.07, 6.45) is -2.87. The Balaban J connectivity index is 2.00. The number of halogens is 5. The van der Waals surface area contributed by atoms with Crippen molar-refractivity contribution in [2.45, 2.75) is 20.0 Å². The van der Waals surface area contributed by atoms with Crippen LogP contribution in [0.15, 0.2) is 41.5 Å². The molecule has 7 nitrogen and oxygen atoms in total. The number of primary amides is 1. The molecule has 3 heterocycles. The van der Waals surface area contributed by atoms with E-state index in [-0.39, 0.29) is 44.9 Å². The molecule has 12 heteroatoms. The molecule has 3 N–H and O–H groups in total. The minimum atomic E-state index is -4.84. The van der Waals surface area contributed by atoms with Gasteiger partial charge in [-0.3, -0.25) is 14.6 Å². The van der Waals surface area contributed by atoms with Crippen LogP contribution in [0.3, 0.4) is 0 Å². The first kappa shape index (κ1) is 23.8. The van der Waals surface area contributed by atoms with Gasteiger partial charge in [-0.05, 0) is 37.6 Å². The number of hydrogen-bond acceptors (Lipinski definition) is 5. The molecule has 4 rings (SSSR count). The van der Waals surface area contributed by atoms with E-state index in [4.69, 9.17) is 10.5 Å². The minimum absolute atomic E-state index is 0.0797. The van der Waals surface area contributed by atoms with Gasteiger partial charge in [-0.15, -0.1) is 0 Å². The predicted octanol–water partition coefficient (Wildman–Crippen LogP) is 4.79. The molecule has 35 heavy (non-hydrogen) atoms. The average Bonchev–Trinajstić information content (AvgIpc) is 2.78. The SMILES string of the molecule is Cc1c(Oc2cnc(C(F)(F)F)c(C)c2-c2cc(=O)c3c(C(N)=O)nccc3[nH]2)ccc(F)c1F. The molecule has 0 bridgehead atoms. The molecule has 180 valence electrons. The molecule has 0 fully saturated rings. The monoisotopic (exact) mass is 490 g/mol. The van der Waals surface area contributed by atoms with Crippen LogP contribution in [0.2, 0.25) is 0 Å². The first-order valence-electron chi connectivity index (χ1n) is 9.91. The van der Waals surface area contributed by atoms with Crippen LogP contribution >= 0.6 is 0 Å². The van der Waals surface area contributed by atoms with Crippen molar-refractivity contribution in [3.05, 3.63) is 81.0 Å². The molecule has 0 saturated heterocycles. The first-order chi connectivity index (χ1) is 16.4. The van der Waals surface area contributed by atoms with E-state index >= 15 is 0 Å². The van der Waals surface area contributed by atoms with Crippen LogP contribution in [0.1, 0.15) is 27.3 Å². The summed E-state index contributed by atoms with van der Waals surface area (Å²) in [6.45, 7) is 2.36. The number of nitrogens with zero attached hydrogens (tertiary/aromatic N) is 2. The van der Waals surface area contributed by atoms with Crippen LogP contribution in [0.4, 0.5) is 22.0 Å². The lowest BCUT2D eigenvalue weighted by Gasteiger charge is -2.19. The molecule has 1 amide bonds. The third-order valence-corrected chi connectivity index (χ3v) is 5.31. The lowest BCUT2D eigenvalue weighted by atomic mass is 10.0. The number of benzene rings is 1. The van der Waals surface area contributed by atoms with E-state index in [1.165, 1.54) is 19.2 Å². The largest absolute Gasteiger partial charge is 0.455 e. The van der Waals surface area contributed by atoms with Crippen molar-refractivity contribution in [2.24, 2.45) is 5.73 Å². The highest BCUT2D eigenvalue weighted by Gasteiger charge is 2.36. The van der Waals surface area contributed by atoms with E-state index in [9.17, 15) is 31.5 Å². The summed E-state index contributed by atoms with van der Waals surface area (Å²) in [7, 11) is 0. The standard InChI is InChI=1S/C23H15F5N4O3/c1-9-15(4-3-11(24)19(9)25)35-16-8-31-21(23(26,27)28)10(2)17(16)13-7-14(33)18-12(32-13)5-6-30-20(18)22(29)34/h3-8H,1-2H3,(H2,29,34)(H,32,33). The second kappa shape index (κ2) is 8.46. The van der Waals surface area contributed by atoms with E-state index in [1.54, 1.807) is 0 Å². The maximum Gasteiger partial charge on any atom is 0.433 e. The summed E-state index contributed by atoms with van der Waals surface area (Å²) in [6, 6.07) is 4.22. The van der Waals surface area contributed by atoms with Gasteiger partial charge in [0.2, 0.25) is 0 Å². The van der Waals surface area contributed by atoms with Gasteiger partial charge in [0.15, 0.2) is 22.8 Å². The Morgan fingerprint density at radius 1 is 1.06 bits per heavy atom. The number of aromatic amines is 1. The van der Waals surface area contributed by atoms with Gasteiger partial charge in [0.25, 0.3) is 5.91 Å². The second-order valence-corrected chi connectivity index (χ2v) is 7.55. The molecule has 0 radical (unpaired) electrons. The van der Waals surface area contributed by atoms with Crippen molar-refractivity contribution < 1.29 is 31.5 Å². The van der Waals surface area contributed by atoms with Crippen molar-refractivity contribution in [1.82, 2.24) is 15.0 Å². The molecule has 0 aliphatic rings. The molecule has 1 aromatic carbocycles. The number of hydrogen-bond donors (Lipinski definition) is 2. The summed E-state index contributed by atoms with van der Waals surface area (Å²) >= 11 is 0. The molecule has 0 saturated carbocycles. The molecule has 0 spiro atoms. The number of rotatable bonds is 4. The zero-order valence-corrected chi connectivity index (χ0v) is 18.1. The number of carbonyl (C=O) groups excluding carboxylic acids is 1. The molecule has 3 aromatic heterocycles. The van der Waals surface area contributed by atoms with E-state index in [2.05, 4.69) is 15.0 Å². The summed E-state index contributed by atoms with van der Waals surface area (Å²) in [5.74, 6) is -3.72. The summed E-state index contributed by atoms with van der Waals surface area (Å²) < 4.78 is 74.0. The third kappa shape index (κ3) is 4.18. The van der Waals surface area contributed by atoms with Crippen LogP contribution in [0.5, 0.6) is 11.5 Å². The predicted molar refractivity (Wildman–Crippen MR) is 115 cm³/mol. The number of fused-ring (bicyclic) bond motifs is 1. The summed E-state index contributed by atoms with van der Waals surface area (Å²) in [4.78, 5) is 34.6. The zero-order chi connectivity index (χ0) is 25.7. The molecule has 0 atom stereocenters. The fraction of sp³-hybridized carbons (Fsp3) is 0.130. The number of aromatic nitrogens is 3. The summed E-state index contributed by atoms with van der Waals surface area (Å²) in [5.41, 5.74) is 2.13. The van der Waals surface area contributed by atoms with Crippen LogP contribution in [-0.2, 0) is 6.18 Å². The molecular weight excluding hydrogens is 475 g/mol. The van der Waals surface area contributed by atoms with Crippen LogP contribution < -0.4 is 15.9 Å². The minimum Gasteiger partial charge on any atom is -0.455 e. The number of carbonyl (C=O) groups is 1. The Hall–Kier alpha value is -4.35. The van der Waals surface area contributed by atoms with Gasteiger partial charge in [-0.1, -0.05) is 0 Å². The van der Waals surface area contributed by atoms with Gasteiger partial charge in [-0.25, -0.2) is 13.8 Å². The molecule has 0 aliphatic heterocycles. The van der Waals surface area contributed by atoms with Gasteiger partial charge < -0.3 is 15.5 Å². The number of alkyl halides is 3. The van der Waals surface area contributed by atoms with Gasteiger partial charge in [0.1, 0.15) is 17.1 Å². The van der Waals surface area contributed by atoms with E-state index in [1.807, 2.05) is 0 Å². The lowest BCUT2D eigenvalue weighted by molar-refractivity contribution is -0.141. The molecular formula is C23H15F5N4O3. The van der Waals surface area contributed by atoms with Gasteiger partial charge >= 0.3 is 6.18 Å². The maximum absolute atomic E-state index is 14.0. The van der Waals surface area contributed by atoms with Gasteiger partial charge in [-0.2, -0.15) is 13.2 Å². The molecule has 0 aliphatic carbocycles. The second-order valence-electron chi connectivity index (χ2n) is 7.55. The number of ether oxygens (including phenoxy) is 1. The van der Waals surface area contributed by atoms with Gasteiger partial charge in [0, 0.05) is 23.4 Å². The summed E-state index contributed by atoms with van der Waals surface area (Å²) in [5, 5.41) is -0.148. The molecule has 4 aromatic rings. The Labute approximate surface area is 193 Å². The van der Waals surface area contributed by atoms with Crippen LogP contribution in [0.25, 0.3) is 22.2 Å². The fourth-order valence-corrected chi connectivity index (χ4v) is 3.67. The number of pyridine rings is 3. The highest BCUT2D eigenvalue weighted by Crippen LogP contribution is 2.41. The third-order valence-electron chi connectivity index (χ3n) is 5.31. The van der Waals surface area contributed by atoms with Crippen molar-refractivity contribution in [2.75, 3.05) is 0 Å².